The first-order valence-electron chi connectivity index (χ1n) is 13.3. The third-order valence-corrected chi connectivity index (χ3v) is 6.53. The second-order valence-electron chi connectivity index (χ2n) is 9.85. The van der Waals surface area contributed by atoms with Crippen molar-refractivity contribution in [3.63, 3.8) is 0 Å². The average molecular weight is 542 g/mol. The highest BCUT2D eigenvalue weighted by Gasteiger charge is 2.29. The number of rotatable bonds is 11. The van der Waals surface area contributed by atoms with Gasteiger partial charge >= 0.3 is 17.9 Å². The molecule has 0 aliphatic carbocycles. The summed E-state index contributed by atoms with van der Waals surface area (Å²) in [4.78, 5) is 39.8. The maximum Gasteiger partial charge on any atom is 0.308 e. The predicted molar refractivity (Wildman–Crippen MR) is 147 cm³/mol. The van der Waals surface area contributed by atoms with Gasteiger partial charge in [-0.1, -0.05) is 18.1 Å². The molecule has 2 aromatic carbocycles. The molecule has 39 heavy (non-hydrogen) atoms. The third kappa shape index (κ3) is 7.95. The topological polar surface area (TPSA) is 101 Å². The Hall–Kier alpha value is -3.59. The molecule has 0 aromatic heterocycles. The first kappa shape index (κ1) is 30.0. The Kier molecular flexibility index (Phi) is 10.7. The van der Waals surface area contributed by atoms with E-state index in [1.54, 1.807) is 18.2 Å². The van der Waals surface area contributed by atoms with Gasteiger partial charge in [-0.3, -0.25) is 14.4 Å². The van der Waals surface area contributed by atoms with Gasteiger partial charge in [-0.15, -0.1) is 0 Å². The summed E-state index contributed by atoms with van der Waals surface area (Å²) in [6.07, 6.45) is 5.15. The van der Waals surface area contributed by atoms with Crippen molar-refractivity contribution in [2.45, 2.75) is 65.9 Å². The summed E-state index contributed by atoms with van der Waals surface area (Å²) >= 11 is 0. The number of piperidine rings is 1. The van der Waals surface area contributed by atoms with Crippen molar-refractivity contribution < 1.29 is 38.1 Å². The number of carbonyl (C=O) groups is 3. The van der Waals surface area contributed by atoms with E-state index in [-0.39, 0.29) is 23.9 Å². The van der Waals surface area contributed by atoms with E-state index in [2.05, 4.69) is 4.90 Å². The average Bonchev–Trinajstić information content (AvgIpc) is 2.90. The van der Waals surface area contributed by atoms with E-state index >= 15 is 0 Å². The van der Waals surface area contributed by atoms with Crippen LogP contribution >= 0.6 is 0 Å². The summed E-state index contributed by atoms with van der Waals surface area (Å²) in [5.41, 5.74) is 1.41. The highest BCUT2D eigenvalue weighted by atomic mass is 16.6. The van der Waals surface area contributed by atoms with Crippen LogP contribution in [0.3, 0.4) is 0 Å². The molecule has 1 aliphatic rings. The number of fused-ring (bicyclic) bond motifs is 1. The van der Waals surface area contributed by atoms with Crippen LogP contribution in [0.5, 0.6) is 23.0 Å². The van der Waals surface area contributed by atoms with Crippen LogP contribution in [0.25, 0.3) is 10.8 Å². The molecule has 9 heteroatoms. The fourth-order valence-electron chi connectivity index (χ4n) is 4.76. The molecule has 1 aliphatic heterocycles. The van der Waals surface area contributed by atoms with Gasteiger partial charge in [-0.05, 0) is 58.0 Å². The molecule has 0 radical (unpaired) electrons. The maximum absolute atomic E-state index is 13.1. The first-order chi connectivity index (χ1) is 18.6. The van der Waals surface area contributed by atoms with Crippen molar-refractivity contribution in [3.8, 4) is 23.0 Å². The van der Waals surface area contributed by atoms with Crippen LogP contribution in [0.2, 0.25) is 0 Å². The molecule has 1 fully saturated rings. The van der Waals surface area contributed by atoms with Gasteiger partial charge in [-0.25, -0.2) is 0 Å². The molecular weight excluding hydrogens is 502 g/mol. The monoisotopic (exact) mass is 541 g/mol. The highest BCUT2D eigenvalue weighted by molar-refractivity contribution is 6.04. The Morgan fingerprint density at radius 2 is 1.49 bits per heavy atom. The summed E-state index contributed by atoms with van der Waals surface area (Å²) in [7, 11) is 2.97. The van der Waals surface area contributed by atoms with Crippen molar-refractivity contribution in [1.82, 2.24) is 4.90 Å². The quantitative estimate of drug-likeness (QED) is 0.207. The molecule has 0 bridgehead atoms. The zero-order chi connectivity index (χ0) is 28.5. The van der Waals surface area contributed by atoms with Crippen molar-refractivity contribution in [2.24, 2.45) is 0 Å². The Morgan fingerprint density at radius 1 is 0.872 bits per heavy atom. The fourth-order valence-corrected chi connectivity index (χ4v) is 4.76. The van der Waals surface area contributed by atoms with Gasteiger partial charge in [0.25, 0.3) is 0 Å². The minimum absolute atomic E-state index is 0.153. The largest absolute Gasteiger partial charge is 0.496 e. The van der Waals surface area contributed by atoms with E-state index in [9.17, 15) is 14.4 Å². The van der Waals surface area contributed by atoms with Gasteiger partial charge in [0, 0.05) is 32.4 Å². The minimum atomic E-state index is -0.822. The summed E-state index contributed by atoms with van der Waals surface area (Å²) in [5.74, 6) is -0.401. The lowest BCUT2D eigenvalue weighted by Crippen LogP contribution is -2.32. The predicted octanol–water partition coefficient (Wildman–Crippen LogP) is 5.52. The number of methoxy groups -OCH3 is 2. The summed E-state index contributed by atoms with van der Waals surface area (Å²) < 4.78 is 28.5. The molecule has 0 spiro atoms. The van der Waals surface area contributed by atoms with Gasteiger partial charge in [0.1, 0.15) is 29.1 Å². The van der Waals surface area contributed by atoms with Crippen molar-refractivity contribution >= 4 is 28.7 Å². The number of hydrogen-bond donors (Lipinski definition) is 0. The number of allylic oxidation sites excluding steroid dienone is 1. The first-order valence-corrected chi connectivity index (χ1v) is 13.3. The van der Waals surface area contributed by atoms with E-state index in [0.29, 0.717) is 40.8 Å². The maximum atomic E-state index is 13.1. The lowest BCUT2D eigenvalue weighted by Gasteiger charge is -2.27. The molecule has 0 N–H and O–H groups in total. The van der Waals surface area contributed by atoms with E-state index in [0.717, 1.165) is 31.5 Å². The van der Waals surface area contributed by atoms with Crippen LogP contribution in [0.4, 0.5) is 0 Å². The summed E-state index contributed by atoms with van der Waals surface area (Å²) in [6, 6.07) is 4.92. The van der Waals surface area contributed by atoms with Crippen molar-refractivity contribution in [1.29, 1.82) is 0 Å². The second kappa shape index (κ2) is 14.0. The van der Waals surface area contributed by atoms with E-state index in [4.69, 9.17) is 23.7 Å². The van der Waals surface area contributed by atoms with Gasteiger partial charge in [0.05, 0.1) is 31.4 Å². The summed E-state index contributed by atoms with van der Waals surface area (Å²) in [6.45, 7) is 9.04. The van der Waals surface area contributed by atoms with Crippen LogP contribution < -0.4 is 18.9 Å². The molecule has 2 aromatic rings. The molecule has 1 atom stereocenters. The van der Waals surface area contributed by atoms with Crippen LogP contribution in [0, 0.1) is 0 Å². The van der Waals surface area contributed by atoms with Crippen molar-refractivity contribution in [3.05, 3.63) is 35.4 Å². The zero-order valence-corrected chi connectivity index (χ0v) is 23.8. The standard InChI is InChI=1S/C30H39NO8/c1-19(2)10-11-23(39-27(34)14-17-31-15-8-7-9-16-31)22-18-26(37-20(3)32)28-24(35-5)12-13-25(36-6)29(28)30(22)38-21(4)33/h10,12-13,18,23H,7-9,11,14-17H2,1-6H3/t23-/m0/s1. The molecule has 0 saturated carbocycles. The minimum Gasteiger partial charge on any atom is -0.496 e. The van der Waals surface area contributed by atoms with Crippen molar-refractivity contribution in [2.75, 3.05) is 33.9 Å². The van der Waals surface area contributed by atoms with Gasteiger partial charge in [-0.2, -0.15) is 0 Å². The lowest BCUT2D eigenvalue weighted by molar-refractivity contribution is -0.150. The molecule has 1 heterocycles. The molecule has 3 rings (SSSR count). The van der Waals surface area contributed by atoms with E-state index in [1.807, 2.05) is 19.9 Å². The molecule has 0 amide bonds. The lowest BCUT2D eigenvalue weighted by atomic mass is 9.96. The van der Waals surface area contributed by atoms with Crippen LogP contribution in [0.15, 0.2) is 29.8 Å². The number of hydrogen-bond acceptors (Lipinski definition) is 9. The number of likely N-dealkylation sites (tertiary alicyclic amines) is 1. The molecule has 0 unspecified atom stereocenters. The molecule has 212 valence electrons. The molecule has 9 nitrogen and oxygen atoms in total. The van der Waals surface area contributed by atoms with Gasteiger partial charge < -0.3 is 28.6 Å². The van der Waals surface area contributed by atoms with Crippen LogP contribution in [-0.4, -0.2) is 56.7 Å². The van der Waals surface area contributed by atoms with Crippen LogP contribution in [-0.2, 0) is 19.1 Å². The van der Waals surface area contributed by atoms with Gasteiger partial charge in [0.2, 0.25) is 0 Å². The molecular formula is C30H39NO8. The Labute approximate surface area is 230 Å². The third-order valence-electron chi connectivity index (χ3n) is 6.53. The second-order valence-corrected chi connectivity index (χ2v) is 9.85. The Bertz CT molecular complexity index is 1230. The SMILES string of the molecule is COc1ccc(OC)c2c(OC(C)=O)c([C@H](CC=C(C)C)OC(=O)CCN3CCCCC3)cc(OC(C)=O)c12. The Morgan fingerprint density at radius 3 is 2.05 bits per heavy atom. The van der Waals surface area contributed by atoms with E-state index < -0.39 is 18.0 Å². The number of nitrogens with zero attached hydrogens (tertiary/aromatic N) is 1. The number of benzene rings is 2. The normalized spacial score (nSPS) is 14.3. The van der Waals surface area contributed by atoms with Crippen LogP contribution in [0.1, 0.15) is 71.5 Å². The number of ether oxygens (including phenoxy) is 5. The molecule has 1 saturated heterocycles. The number of carbonyl (C=O) groups excluding carboxylic acids is 3. The van der Waals surface area contributed by atoms with E-state index in [1.165, 1.54) is 34.5 Å². The summed E-state index contributed by atoms with van der Waals surface area (Å²) in [5, 5.41) is 0.761. The smallest absolute Gasteiger partial charge is 0.308 e. The zero-order valence-electron chi connectivity index (χ0n) is 23.8. The fraction of sp³-hybridized carbons (Fsp3) is 0.500. The number of esters is 3. The van der Waals surface area contributed by atoms with Gasteiger partial charge in [0.15, 0.2) is 0 Å². The highest BCUT2D eigenvalue weighted by Crippen LogP contribution is 2.49. The Balaban J connectivity index is 2.17.